The van der Waals surface area contributed by atoms with E-state index in [0.29, 0.717) is 17.4 Å². The van der Waals surface area contributed by atoms with Crippen molar-refractivity contribution in [2.75, 3.05) is 37.2 Å². The summed E-state index contributed by atoms with van der Waals surface area (Å²) in [6, 6.07) is 4.56. The van der Waals surface area contributed by atoms with E-state index >= 15 is 0 Å². The first-order valence-corrected chi connectivity index (χ1v) is 11.6. The van der Waals surface area contributed by atoms with Crippen LogP contribution in [-0.4, -0.2) is 61.3 Å². The fourth-order valence-corrected chi connectivity index (χ4v) is 4.57. The maximum atomic E-state index is 13.7. The molecule has 8 nitrogen and oxygen atoms in total. The Hall–Kier alpha value is -1.89. The van der Waals surface area contributed by atoms with Crippen molar-refractivity contribution in [3.8, 4) is 0 Å². The molecule has 1 aromatic carbocycles. The molecule has 0 radical (unpaired) electrons. The molecule has 1 saturated heterocycles. The van der Waals surface area contributed by atoms with Gasteiger partial charge in [0.15, 0.2) is 5.96 Å². The van der Waals surface area contributed by atoms with Gasteiger partial charge in [0.25, 0.3) is 0 Å². The summed E-state index contributed by atoms with van der Waals surface area (Å²) >= 11 is 0. The molecule has 2 N–H and O–H groups in total. The van der Waals surface area contributed by atoms with Gasteiger partial charge in [-0.05, 0) is 37.0 Å². The van der Waals surface area contributed by atoms with Crippen molar-refractivity contribution in [1.29, 1.82) is 0 Å². The molecule has 0 amide bonds. The number of guanidine groups is 1. The predicted molar refractivity (Wildman–Crippen MR) is 132 cm³/mol. The standard InChI is InChI=1S/C20H29FN6O2S.HI/c1-15-4-5-17(12-18(15)21)25-30(28,29)11-8-24-20(22-3)26-9-6-16(2)19(13-26)27-10-7-23-14-27;/h4-5,7,10,12,14,16,19,25H,6,8-9,11,13H2,1-3H3,(H,22,24);1H. The number of piperidine rings is 1. The van der Waals surface area contributed by atoms with Crippen LogP contribution in [0.3, 0.4) is 0 Å². The summed E-state index contributed by atoms with van der Waals surface area (Å²) in [4.78, 5) is 10.6. The first kappa shape index (κ1) is 25.4. The van der Waals surface area contributed by atoms with Gasteiger partial charge in [0.1, 0.15) is 5.82 Å². The number of aromatic nitrogens is 2. The van der Waals surface area contributed by atoms with Gasteiger partial charge in [-0.25, -0.2) is 17.8 Å². The van der Waals surface area contributed by atoms with Crippen LogP contribution in [0.15, 0.2) is 41.9 Å². The lowest BCUT2D eigenvalue weighted by Crippen LogP contribution is -2.49. The van der Waals surface area contributed by atoms with Crippen LogP contribution in [0.1, 0.15) is 24.9 Å². The molecule has 1 aliphatic heterocycles. The molecule has 2 atom stereocenters. The number of halogens is 2. The van der Waals surface area contributed by atoms with Crippen molar-refractivity contribution in [1.82, 2.24) is 19.8 Å². The summed E-state index contributed by atoms with van der Waals surface area (Å²) in [5, 5.41) is 3.14. The Morgan fingerprint density at radius 2 is 2.16 bits per heavy atom. The largest absolute Gasteiger partial charge is 0.355 e. The minimum absolute atomic E-state index is 0. The molecular weight excluding hydrogens is 534 g/mol. The SMILES string of the molecule is CN=C(NCCS(=O)(=O)Nc1ccc(C)c(F)c1)N1CCC(C)C(n2ccnc2)C1.I. The highest BCUT2D eigenvalue weighted by Gasteiger charge is 2.29. The molecule has 1 aromatic heterocycles. The maximum absolute atomic E-state index is 13.7. The van der Waals surface area contributed by atoms with Gasteiger partial charge in [-0.2, -0.15) is 0 Å². The molecular formula is C20H30FIN6O2S. The molecule has 0 spiro atoms. The third kappa shape index (κ3) is 6.79. The van der Waals surface area contributed by atoms with Crippen molar-refractivity contribution in [2.24, 2.45) is 10.9 Å². The number of anilines is 1. The Bertz CT molecular complexity index is 984. The van der Waals surface area contributed by atoms with E-state index in [4.69, 9.17) is 0 Å². The molecule has 0 bridgehead atoms. The Labute approximate surface area is 200 Å². The monoisotopic (exact) mass is 564 g/mol. The highest BCUT2D eigenvalue weighted by Crippen LogP contribution is 2.27. The molecule has 31 heavy (non-hydrogen) atoms. The third-order valence-electron chi connectivity index (χ3n) is 5.44. The Morgan fingerprint density at radius 1 is 1.39 bits per heavy atom. The van der Waals surface area contributed by atoms with Crippen LogP contribution in [0, 0.1) is 18.7 Å². The zero-order valence-corrected chi connectivity index (χ0v) is 21.1. The third-order valence-corrected chi connectivity index (χ3v) is 6.73. The molecule has 2 heterocycles. The van der Waals surface area contributed by atoms with Crippen LogP contribution in [0.4, 0.5) is 10.1 Å². The van der Waals surface area contributed by atoms with Gasteiger partial charge in [-0.15, -0.1) is 24.0 Å². The topological polar surface area (TPSA) is 91.6 Å². The summed E-state index contributed by atoms with van der Waals surface area (Å²) in [6.45, 7) is 5.66. The second-order valence-corrected chi connectivity index (χ2v) is 9.49. The number of imidazole rings is 1. The lowest BCUT2D eigenvalue weighted by Gasteiger charge is -2.39. The van der Waals surface area contributed by atoms with E-state index in [-0.39, 0.29) is 48.0 Å². The Kier molecular flexibility index (Phi) is 9.10. The molecule has 1 aliphatic rings. The number of nitrogens with zero attached hydrogens (tertiary/aromatic N) is 4. The van der Waals surface area contributed by atoms with Crippen molar-refractivity contribution in [3.05, 3.63) is 48.3 Å². The highest BCUT2D eigenvalue weighted by atomic mass is 127. The first-order valence-electron chi connectivity index (χ1n) is 9.99. The summed E-state index contributed by atoms with van der Waals surface area (Å²) in [5.74, 6) is 0.577. The summed E-state index contributed by atoms with van der Waals surface area (Å²) in [7, 11) is -1.93. The van der Waals surface area contributed by atoms with Crippen molar-refractivity contribution >= 4 is 45.6 Å². The molecule has 0 aliphatic carbocycles. The Balaban J connectivity index is 0.00000341. The van der Waals surface area contributed by atoms with E-state index in [1.807, 2.05) is 12.5 Å². The Morgan fingerprint density at radius 3 is 2.81 bits per heavy atom. The average Bonchev–Trinajstić information content (AvgIpc) is 3.23. The van der Waals surface area contributed by atoms with Crippen LogP contribution in [0.25, 0.3) is 0 Å². The van der Waals surface area contributed by atoms with E-state index in [0.717, 1.165) is 19.5 Å². The van der Waals surface area contributed by atoms with Gasteiger partial charge in [-0.3, -0.25) is 9.71 Å². The van der Waals surface area contributed by atoms with E-state index in [1.165, 1.54) is 6.07 Å². The lowest BCUT2D eigenvalue weighted by atomic mass is 9.93. The molecule has 172 valence electrons. The molecule has 2 unspecified atom stereocenters. The first-order chi connectivity index (χ1) is 14.3. The minimum atomic E-state index is -3.62. The predicted octanol–water partition coefficient (Wildman–Crippen LogP) is 2.85. The van der Waals surface area contributed by atoms with E-state index in [9.17, 15) is 12.8 Å². The number of sulfonamides is 1. The van der Waals surface area contributed by atoms with Gasteiger partial charge < -0.3 is 14.8 Å². The van der Waals surface area contributed by atoms with Crippen molar-refractivity contribution < 1.29 is 12.8 Å². The molecule has 2 aromatic rings. The maximum Gasteiger partial charge on any atom is 0.234 e. The molecule has 1 fully saturated rings. The van der Waals surface area contributed by atoms with Crippen molar-refractivity contribution in [2.45, 2.75) is 26.3 Å². The van der Waals surface area contributed by atoms with Crippen molar-refractivity contribution in [3.63, 3.8) is 0 Å². The number of nitrogens with one attached hydrogen (secondary N) is 2. The number of aryl methyl sites for hydroxylation is 1. The molecule has 11 heteroatoms. The van der Waals surface area contributed by atoms with E-state index in [2.05, 4.69) is 36.4 Å². The molecule has 3 rings (SSSR count). The van der Waals surface area contributed by atoms with Gasteiger partial charge in [0, 0.05) is 39.1 Å². The smallest absolute Gasteiger partial charge is 0.234 e. The van der Waals surface area contributed by atoms with Gasteiger partial charge in [-0.1, -0.05) is 13.0 Å². The second kappa shape index (κ2) is 11.1. The normalized spacial score (nSPS) is 19.6. The van der Waals surface area contributed by atoms with Crippen LogP contribution >= 0.6 is 24.0 Å². The van der Waals surface area contributed by atoms with Crippen LogP contribution in [0.5, 0.6) is 0 Å². The highest BCUT2D eigenvalue weighted by molar-refractivity contribution is 14.0. The van der Waals surface area contributed by atoms with E-state index in [1.54, 1.807) is 32.3 Å². The fraction of sp³-hybridized carbons (Fsp3) is 0.500. The van der Waals surface area contributed by atoms with E-state index < -0.39 is 15.8 Å². The molecule has 0 saturated carbocycles. The summed E-state index contributed by atoms with van der Waals surface area (Å²) in [6.07, 6.45) is 6.57. The number of rotatable bonds is 6. The number of hydrogen-bond donors (Lipinski definition) is 2. The lowest BCUT2D eigenvalue weighted by molar-refractivity contribution is 0.189. The average molecular weight is 564 g/mol. The number of hydrogen-bond acceptors (Lipinski definition) is 4. The fourth-order valence-electron chi connectivity index (χ4n) is 3.61. The minimum Gasteiger partial charge on any atom is -0.355 e. The quantitative estimate of drug-likeness (QED) is 0.320. The number of aliphatic imine (C=N–C) groups is 1. The summed E-state index contributed by atoms with van der Waals surface area (Å²) in [5.41, 5.74) is 0.684. The summed E-state index contributed by atoms with van der Waals surface area (Å²) < 4.78 is 42.9. The second-order valence-electron chi connectivity index (χ2n) is 7.65. The van der Waals surface area contributed by atoms with Gasteiger partial charge >= 0.3 is 0 Å². The zero-order chi connectivity index (χ0) is 21.7. The van der Waals surface area contributed by atoms with Crippen LogP contribution in [-0.2, 0) is 10.0 Å². The van der Waals surface area contributed by atoms with Crippen LogP contribution in [0.2, 0.25) is 0 Å². The number of benzene rings is 1. The van der Waals surface area contributed by atoms with Gasteiger partial charge in [0.2, 0.25) is 10.0 Å². The zero-order valence-electron chi connectivity index (χ0n) is 18.0. The van der Waals surface area contributed by atoms with Crippen LogP contribution < -0.4 is 10.0 Å². The number of likely N-dealkylation sites (tertiary alicyclic amines) is 1. The van der Waals surface area contributed by atoms with Gasteiger partial charge in [0.05, 0.1) is 23.8 Å².